The Bertz CT molecular complexity index is 957. The molecule has 4 heteroatoms. The Morgan fingerprint density at radius 2 is 1.67 bits per heavy atom. The van der Waals surface area contributed by atoms with Gasteiger partial charge in [0.15, 0.2) is 5.78 Å². The van der Waals surface area contributed by atoms with E-state index >= 15 is 0 Å². The van der Waals surface area contributed by atoms with E-state index in [4.69, 9.17) is 0 Å². The smallest absolute Gasteiger partial charge is 0.260 e. The van der Waals surface area contributed by atoms with Gasteiger partial charge in [-0.25, -0.2) is 0 Å². The Morgan fingerprint density at radius 3 is 2.46 bits per heavy atom. The third-order valence-electron chi connectivity index (χ3n) is 4.88. The minimum absolute atomic E-state index is 0.125. The summed E-state index contributed by atoms with van der Waals surface area (Å²) in [5.41, 5.74) is 2.11. The van der Waals surface area contributed by atoms with Crippen LogP contribution in [0.1, 0.15) is 37.4 Å². The van der Waals surface area contributed by atoms with E-state index in [9.17, 15) is 14.4 Å². The summed E-state index contributed by atoms with van der Waals surface area (Å²) in [6, 6.07) is 12.6. The summed E-state index contributed by atoms with van der Waals surface area (Å²) in [6.45, 7) is 1.92. The van der Waals surface area contributed by atoms with Crippen molar-refractivity contribution in [3.8, 4) is 0 Å². The molecule has 0 radical (unpaired) electrons. The number of carbonyl (C=O) groups excluding carboxylic acids is 3. The minimum atomic E-state index is -1.13. The zero-order valence-corrected chi connectivity index (χ0v) is 13.4. The van der Waals surface area contributed by atoms with Crippen molar-refractivity contribution in [3.05, 3.63) is 82.4 Å². The highest BCUT2D eigenvalue weighted by Crippen LogP contribution is 2.44. The molecule has 118 valence electrons. The molecule has 1 atom stereocenters. The molecule has 2 amide bonds. The molecule has 1 aliphatic carbocycles. The molecular formula is C20H15NO3. The normalized spacial score (nSPS) is 21.9. The second kappa shape index (κ2) is 4.74. The summed E-state index contributed by atoms with van der Waals surface area (Å²) < 4.78 is 0. The maximum absolute atomic E-state index is 13.2. The van der Waals surface area contributed by atoms with Crippen molar-refractivity contribution < 1.29 is 14.4 Å². The molecule has 1 spiro atoms. The van der Waals surface area contributed by atoms with Crippen molar-refractivity contribution in [2.24, 2.45) is 0 Å². The Kier molecular flexibility index (Phi) is 2.88. The fourth-order valence-electron chi connectivity index (χ4n) is 3.67. The zero-order valence-electron chi connectivity index (χ0n) is 13.4. The first-order valence-corrected chi connectivity index (χ1v) is 7.73. The van der Waals surface area contributed by atoms with Gasteiger partial charge in [0.2, 0.25) is 5.91 Å². The summed E-state index contributed by atoms with van der Waals surface area (Å²) in [5.74, 6) is -0.775. The van der Waals surface area contributed by atoms with Gasteiger partial charge in [-0.05, 0) is 30.2 Å². The van der Waals surface area contributed by atoms with Gasteiger partial charge in [-0.2, -0.15) is 0 Å². The second-order valence-electron chi connectivity index (χ2n) is 6.27. The maximum atomic E-state index is 13.2. The van der Waals surface area contributed by atoms with Crippen molar-refractivity contribution >= 4 is 17.6 Å². The predicted molar refractivity (Wildman–Crippen MR) is 89.0 cm³/mol. The van der Waals surface area contributed by atoms with Crippen molar-refractivity contribution in [2.75, 3.05) is 7.05 Å². The van der Waals surface area contributed by atoms with Gasteiger partial charge in [-0.15, -0.1) is 0 Å². The van der Waals surface area contributed by atoms with Crippen LogP contribution in [0.3, 0.4) is 0 Å². The van der Waals surface area contributed by atoms with E-state index in [1.165, 1.54) is 13.1 Å². The third-order valence-corrected chi connectivity index (χ3v) is 4.88. The highest BCUT2D eigenvalue weighted by Gasteiger charge is 2.51. The number of fused-ring (bicyclic) bond motifs is 4. The van der Waals surface area contributed by atoms with Crippen LogP contribution in [0.5, 0.6) is 0 Å². The van der Waals surface area contributed by atoms with Gasteiger partial charge in [0.05, 0.1) is 0 Å². The molecule has 2 aromatic rings. The van der Waals surface area contributed by atoms with Crippen LogP contribution in [0.15, 0.2) is 54.6 Å². The van der Waals surface area contributed by atoms with Crippen LogP contribution >= 0.6 is 0 Å². The molecule has 2 aliphatic rings. The Balaban J connectivity index is 2.15. The number of ketones is 1. The summed E-state index contributed by atoms with van der Waals surface area (Å²) in [7, 11) is 1.49. The highest BCUT2D eigenvalue weighted by atomic mass is 16.2. The van der Waals surface area contributed by atoms with E-state index < -0.39 is 5.41 Å². The quantitative estimate of drug-likeness (QED) is 0.702. The SMILES string of the molecule is Cc1ccc2c(c1)C1(C=CC2=O)C(=O)N(C)C(=O)c2ccccc21. The highest BCUT2D eigenvalue weighted by molar-refractivity contribution is 6.19. The van der Waals surface area contributed by atoms with E-state index in [1.54, 1.807) is 30.3 Å². The lowest BCUT2D eigenvalue weighted by Crippen LogP contribution is -2.53. The predicted octanol–water partition coefficient (Wildman–Crippen LogP) is 2.65. The lowest BCUT2D eigenvalue weighted by molar-refractivity contribution is -0.131. The van der Waals surface area contributed by atoms with Crippen LogP contribution in [0, 0.1) is 6.92 Å². The van der Waals surface area contributed by atoms with Gasteiger partial charge in [-0.3, -0.25) is 19.3 Å². The third kappa shape index (κ3) is 1.65. The molecule has 0 aromatic heterocycles. The molecule has 1 aliphatic heterocycles. The van der Waals surface area contributed by atoms with E-state index in [0.29, 0.717) is 22.3 Å². The monoisotopic (exact) mass is 317 g/mol. The Hall–Kier alpha value is -3.01. The molecule has 4 nitrogen and oxygen atoms in total. The maximum Gasteiger partial charge on any atom is 0.260 e. The number of nitrogens with zero attached hydrogens (tertiary/aromatic N) is 1. The molecule has 4 rings (SSSR count). The number of hydrogen-bond donors (Lipinski definition) is 0. The first kappa shape index (κ1) is 14.6. The van der Waals surface area contributed by atoms with Crippen LogP contribution < -0.4 is 0 Å². The first-order valence-electron chi connectivity index (χ1n) is 7.73. The summed E-state index contributed by atoms with van der Waals surface area (Å²) in [5, 5.41) is 0. The van der Waals surface area contributed by atoms with Crippen molar-refractivity contribution in [1.29, 1.82) is 0 Å². The minimum Gasteiger partial charge on any atom is -0.289 e. The Labute approximate surface area is 139 Å². The summed E-state index contributed by atoms with van der Waals surface area (Å²) in [6.07, 6.45) is 3.08. The number of amides is 2. The molecule has 0 fully saturated rings. The number of carbonyl (C=O) groups is 3. The van der Waals surface area contributed by atoms with E-state index in [0.717, 1.165) is 10.5 Å². The van der Waals surface area contributed by atoms with Crippen LogP contribution in [0.4, 0.5) is 0 Å². The van der Waals surface area contributed by atoms with E-state index in [1.807, 2.05) is 25.1 Å². The van der Waals surface area contributed by atoms with Crippen LogP contribution in [0.2, 0.25) is 0 Å². The lowest BCUT2D eigenvalue weighted by atomic mass is 9.65. The summed E-state index contributed by atoms with van der Waals surface area (Å²) >= 11 is 0. The fourth-order valence-corrected chi connectivity index (χ4v) is 3.67. The standard InChI is InChI=1S/C20H15NO3/c1-12-7-8-13-16(11-12)20(10-9-17(13)22)15-6-4-3-5-14(15)18(23)21(2)19(20)24/h3-11H,1-2H3. The van der Waals surface area contributed by atoms with Crippen LogP contribution in [-0.4, -0.2) is 29.5 Å². The van der Waals surface area contributed by atoms with E-state index in [-0.39, 0.29) is 17.6 Å². The van der Waals surface area contributed by atoms with Gasteiger partial charge in [0.25, 0.3) is 5.91 Å². The number of aryl methyl sites for hydroxylation is 1. The topological polar surface area (TPSA) is 54.5 Å². The van der Waals surface area contributed by atoms with E-state index in [2.05, 4.69) is 0 Å². The lowest BCUT2D eigenvalue weighted by Gasteiger charge is -2.41. The molecule has 2 aromatic carbocycles. The number of likely N-dealkylation sites (N-methyl/N-ethyl adjacent to an activating group) is 1. The van der Waals surface area contributed by atoms with Crippen molar-refractivity contribution in [2.45, 2.75) is 12.3 Å². The number of imide groups is 1. The van der Waals surface area contributed by atoms with Gasteiger partial charge < -0.3 is 0 Å². The average molecular weight is 317 g/mol. The second-order valence-corrected chi connectivity index (χ2v) is 6.27. The van der Waals surface area contributed by atoms with Crippen molar-refractivity contribution in [3.63, 3.8) is 0 Å². The molecule has 24 heavy (non-hydrogen) atoms. The molecule has 1 unspecified atom stereocenters. The number of allylic oxidation sites excluding steroid dienone is 1. The molecule has 1 heterocycles. The summed E-state index contributed by atoms with van der Waals surface area (Å²) in [4.78, 5) is 39.2. The molecule has 0 saturated heterocycles. The molecule has 0 bridgehead atoms. The number of rotatable bonds is 0. The van der Waals surface area contributed by atoms with Gasteiger partial charge in [0, 0.05) is 18.2 Å². The average Bonchev–Trinajstić information content (AvgIpc) is 2.60. The van der Waals surface area contributed by atoms with Crippen molar-refractivity contribution in [1.82, 2.24) is 4.90 Å². The molecular weight excluding hydrogens is 302 g/mol. The molecule has 0 saturated carbocycles. The Morgan fingerprint density at radius 1 is 0.917 bits per heavy atom. The number of benzene rings is 2. The van der Waals surface area contributed by atoms with Gasteiger partial charge in [-0.1, -0.05) is 48.0 Å². The van der Waals surface area contributed by atoms with Gasteiger partial charge in [0.1, 0.15) is 5.41 Å². The zero-order chi connectivity index (χ0) is 17.1. The fraction of sp³-hybridized carbons (Fsp3) is 0.150. The van der Waals surface area contributed by atoms with Gasteiger partial charge >= 0.3 is 0 Å². The number of hydrogen-bond acceptors (Lipinski definition) is 3. The van der Waals surface area contributed by atoms with Crippen LogP contribution in [0.25, 0.3) is 0 Å². The first-order chi connectivity index (χ1) is 11.5. The largest absolute Gasteiger partial charge is 0.289 e. The van der Waals surface area contributed by atoms with Crippen LogP contribution in [-0.2, 0) is 10.2 Å². The molecule has 0 N–H and O–H groups in total.